The van der Waals surface area contributed by atoms with Crippen LogP contribution in [0.3, 0.4) is 0 Å². The van der Waals surface area contributed by atoms with Crippen LogP contribution in [0.25, 0.3) is 0 Å². The standard InChI is InChI=1S/C9H10BrNO2/c1-5(12)6-3-8(11)9(13-2)4-7(6)10/h3-4H,11H2,1-2H3. The fourth-order valence-corrected chi connectivity index (χ4v) is 1.62. The Kier molecular flexibility index (Phi) is 2.93. The predicted molar refractivity (Wildman–Crippen MR) is 55.1 cm³/mol. The Bertz CT molecular complexity index is 350. The summed E-state index contributed by atoms with van der Waals surface area (Å²) in [6.07, 6.45) is 0. The highest BCUT2D eigenvalue weighted by molar-refractivity contribution is 9.10. The molecule has 0 fully saturated rings. The molecule has 0 bridgehead atoms. The van der Waals surface area contributed by atoms with Crippen molar-refractivity contribution in [2.75, 3.05) is 12.8 Å². The van der Waals surface area contributed by atoms with Crippen LogP contribution in [0.15, 0.2) is 16.6 Å². The van der Waals surface area contributed by atoms with E-state index < -0.39 is 0 Å². The number of rotatable bonds is 2. The summed E-state index contributed by atoms with van der Waals surface area (Å²) < 4.78 is 5.69. The van der Waals surface area contributed by atoms with E-state index in [1.54, 1.807) is 12.1 Å². The second-order valence-corrected chi connectivity index (χ2v) is 3.48. The number of halogens is 1. The van der Waals surface area contributed by atoms with Gasteiger partial charge in [-0.1, -0.05) is 0 Å². The van der Waals surface area contributed by atoms with Gasteiger partial charge in [-0.25, -0.2) is 0 Å². The number of Topliss-reactive ketones (excluding diaryl/α,β-unsaturated/α-hetero) is 1. The third-order valence-corrected chi connectivity index (χ3v) is 2.35. The van der Waals surface area contributed by atoms with Crippen molar-refractivity contribution in [2.45, 2.75) is 6.92 Å². The minimum absolute atomic E-state index is 0.0266. The summed E-state index contributed by atoms with van der Waals surface area (Å²) in [4.78, 5) is 11.1. The number of methoxy groups -OCH3 is 1. The van der Waals surface area contributed by atoms with Gasteiger partial charge in [-0.2, -0.15) is 0 Å². The van der Waals surface area contributed by atoms with Gasteiger partial charge in [0, 0.05) is 10.0 Å². The average molecular weight is 244 g/mol. The third kappa shape index (κ3) is 2.01. The Hall–Kier alpha value is -1.03. The van der Waals surface area contributed by atoms with Crippen LogP contribution in [-0.2, 0) is 0 Å². The average Bonchev–Trinajstić information content (AvgIpc) is 2.07. The molecule has 0 radical (unpaired) electrons. The third-order valence-electron chi connectivity index (χ3n) is 1.70. The van der Waals surface area contributed by atoms with Crippen molar-refractivity contribution < 1.29 is 9.53 Å². The molecule has 0 saturated carbocycles. The molecule has 1 aromatic rings. The predicted octanol–water partition coefficient (Wildman–Crippen LogP) is 2.24. The van der Waals surface area contributed by atoms with Crippen molar-refractivity contribution in [3.05, 3.63) is 22.2 Å². The molecule has 13 heavy (non-hydrogen) atoms. The van der Waals surface area contributed by atoms with Crippen LogP contribution in [0, 0.1) is 0 Å². The molecular weight excluding hydrogens is 234 g/mol. The number of anilines is 1. The molecule has 1 rings (SSSR count). The molecule has 0 saturated heterocycles. The summed E-state index contributed by atoms with van der Waals surface area (Å²) in [7, 11) is 1.53. The monoisotopic (exact) mass is 243 g/mol. The number of carbonyl (C=O) groups is 1. The largest absolute Gasteiger partial charge is 0.495 e. The van der Waals surface area contributed by atoms with Crippen molar-refractivity contribution in [3.8, 4) is 5.75 Å². The molecule has 0 amide bonds. The van der Waals surface area contributed by atoms with Crippen LogP contribution in [-0.4, -0.2) is 12.9 Å². The Balaban J connectivity index is 3.28. The van der Waals surface area contributed by atoms with E-state index in [0.717, 1.165) is 0 Å². The molecule has 0 aliphatic rings. The van der Waals surface area contributed by atoms with Gasteiger partial charge in [0.05, 0.1) is 12.8 Å². The number of ether oxygens (including phenoxy) is 1. The fraction of sp³-hybridized carbons (Fsp3) is 0.222. The van der Waals surface area contributed by atoms with E-state index in [9.17, 15) is 4.79 Å². The van der Waals surface area contributed by atoms with E-state index in [1.165, 1.54) is 14.0 Å². The van der Waals surface area contributed by atoms with E-state index in [2.05, 4.69) is 15.9 Å². The summed E-state index contributed by atoms with van der Waals surface area (Å²) in [5.41, 5.74) is 6.68. The molecule has 0 aliphatic carbocycles. The molecule has 0 aromatic heterocycles. The molecule has 70 valence electrons. The molecule has 0 heterocycles. The van der Waals surface area contributed by atoms with Gasteiger partial charge in [-0.3, -0.25) is 4.79 Å². The Morgan fingerprint density at radius 1 is 1.54 bits per heavy atom. The number of hydrogen-bond acceptors (Lipinski definition) is 3. The number of nitrogens with two attached hydrogens (primary N) is 1. The van der Waals surface area contributed by atoms with Crippen LogP contribution in [0.2, 0.25) is 0 Å². The van der Waals surface area contributed by atoms with Crippen LogP contribution in [0.4, 0.5) is 5.69 Å². The molecule has 1 aromatic carbocycles. The second kappa shape index (κ2) is 3.79. The molecule has 2 N–H and O–H groups in total. The van der Waals surface area contributed by atoms with Crippen molar-refractivity contribution in [2.24, 2.45) is 0 Å². The summed E-state index contributed by atoms with van der Waals surface area (Å²) >= 11 is 3.27. The van der Waals surface area contributed by atoms with E-state index >= 15 is 0 Å². The summed E-state index contributed by atoms with van der Waals surface area (Å²) in [5, 5.41) is 0. The fourth-order valence-electron chi connectivity index (χ4n) is 1.02. The lowest BCUT2D eigenvalue weighted by Gasteiger charge is -2.07. The number of carbonyl (C=O) groups excluding carboxylic acids is 1. The van der Waals surface area contributed by atoms with Gasteiger partial charge in [-0.15, -0.1) is 0 Å². The van der Waals surface area contributed by atoms with Gasteiger partial charge < -0.3 is 10.5 Å². The summed E-state index contributed by atoms with van der Waals surface area (Å²) in [6, 6.07) is 3.29. The molecule has 3 nitrogen and oxygen atoms in total. The second-order valence-electron chi connectivity index (χ2n) is 2.63. The van der Waals surface area contributed by atoms with E-state index in [4.69, 9.17) is 10.5 Å². The lowest BCUT2D eigenvalue weighted by Crippen LogP contribution is -1.99. The maximum atomic E-state index is 11.1. The highest BCUT2D eigenvalue weighted by Gasteiger charge is 2.09. The first-order chi connectivity index (χ1) is 6.06. The van der Waals surface area contributed by atoms with E-state index in [-0.39, 0.29) is 5.78 Å². The first-order valence-electron chi connectivity index (χ1n) is 3.70. The zero-order valence-corrected chi connectivity index (χ0v) is 9.01. The molecule has 4 heteroatoms. The first kappa shape index (κ1) is 10.1. The van der Waals surface area contributed by atoms with Gasteiger partial charge in [-0.05, 0) is 35.0 Å². The molecule has 0 atom stereocenters. The van der Waals surface area contributed by atoms with Gasteiger partial charge in [0.2, 0.25) is 0 Å². The molecule has 0 unspecified atom stereocenters. The van der Waals surface area contributed by atoms with E-state index in [1.807, 2.05) is 0 Å². The van der Waals surface area contributed by atoms with Gasteiger partial charge in [0.25, 0.3) is 0 Å². The smallest absolute Gasteiger partial charge is 0.161 e. The molecule has 0 aliphatic heterocycles. The Labute approximate surface area is 85.0 Å². The lowest BCUT2D eigenvalue weighted by atomic mass is 10.1. The van der Waals surface area contributed by atoms with Crippen molar-refractivity contribution >= 4 is 27.4 Å². The van der Waals surface area contributed by atoms with Gasteiger partial charge >= 0.3 is 0 Å². The minimum atomic E-state index is -0.0266. The van der Waals surface area contributed by atoms with Crippen LogP contribution < -0.4 is 10.5 Å². The van der Waals surface area contributed by atoms with Crippen molar-refractivity contribution in [1.29, 1.82) is 0 Å². The maximum Gasteiger partial charge on any atom is 0.161 e. The summed E-state index contributed by atoms with van der Waals surface area (Å²) in [6.45, 7) is 1.49. The SMILES string of the molecule is COc1cc(Br)c(C(C)=O)cc1N. The van der Waals surface area contributed by atoms with Crippen LogP contribution >= 0.6 is 15.9 Å². The topological polar surface area (TPSA) is 52.3 Å². The van der Waals surface area contributed by atoms with Crippen LogP contribution in [0.5, 0.6) is 5.75 Å². The summed E-state index contributed by atoms with van der Waals surface area (Å²) in [5.74, 6) is 0.540. The minimum Gasteiger partial charge on any atom is -0.495 e. The molecular formula is C9H10BrNO2. The first-order valence-corrected chi connectivity index (χ1v) is 4.49. The van der Waals surface area contributed by atoms with Gasteiger partial charge in [0.1, 0.15) is 5.75 Å². The van der Waals surface area contributed by atoms with Crippen molar-refractivity contribution in [3.63, 3.8) is 0 Å². The zero-order chi connectivity index (χ0) is 10.0. The molecule has 0 spiro atoms. The quantitative estimate of drug-likeness (QED) is 0.641. The number of ketones is 1. The van der Waals surface area contributed by atoms with Crippen LogP contribution in [0.1, 0.15) is 17.3 Å². The zero-order valence-electron chi connectivity index (χ0n) is 7.43. The maximum absolute atomic E-state index is 11.1. The lowest BCUT2D eigenvalue weighted by molar-refractivity contribution is 0.101. The van der Waals surface area contributed by atoms with Gasteiger partial charge in [0.15, 0.2) is 5.78 Å². The Morgan fingerprint density at radius 3 is 2.62 bits per heavy atom. The number of nitrogen functional groups attached to an aromatic ring is 1. The van der Waals surface area contributed by atoms with E-state index in [0.29, 0.717) is 21.5 Å². The highest BCUT2D eigenvalue weighted by Crippen LogP contribution is 2.29. The van der Waals surface area contributed by atoms with Crippen molar-refractivity contribution in [1.82, 2.24) is 0 Å². The highest BCUT2D eigenvalue weighted by atomic mass is 79.9. The Morgan fingerprint density at radius 2 is 2.15 bits per heavy atom. The number of benzene rings is 1. The number of hydrogen-bond donors (Lipinski definition) is 1. The normalized spacial score (nSPS) is 9.77.